The van der Waals surface area contributed by atoms with E-state index in [9.17, 15) is 18.0 Å². The Morgan fingerprint density at radius 3 is 2.29 bits per heavy atom. The highest BCUT2D eigenvalue weighted by atomic mass is 35.5. The summed E-state index contributed by atoms with van der Waals surface area (Å²) in [6, 6.07) is 8.81. The van der Waals surface area contributed by atoms with Gasteiger partial charge < -0.3 is 9.64 Å². The summed E-state index contributed by atoms with van der Waals surface area (Å²) < 4.78 is 40.5. The Bertz CT molecular complexity index is 839. The maximum Gasteiger partial charge on any atom is 0.573 e. The molecule has 0 saturated carbocycles. The molecule has 0 unspecified atom stereocenters. The third-order valence-electron chi connectivity index (χ3n) is 4.24. The highest BCUT2D eigenvalue weighted by Crippen LogP contribution is 2.23. The van der Waals surface area contributed by atoms with E-state index in [-0.39, 0.29) is 27.5 Å². The number of halogens is 5. The van der Waals surface area contributed by atoms with Crippen LogP contribution in [-0.4, -0.2) is 53.2 Å². The molecule has 0 bridgehead atoms. The molecule has 1 fully saturated rings. The van der Waals surface area contributed by atoms with E-state index in [1.807, 2.05) is 0 Å². The van der Waals surface area contributed by atoms with Crippen LogP contribution in [0.1, 0.15) is 16.1 Å². The molecule has 28 heavy (non-hydrogen) atoms. The molecule has 1 saturated heterocycles. The second kappa shape index (κ2) is 8.55. The van der Waals surface area contributed by atoms with Crippen molar-refractivity contribution in [1.82, 2.24) is 14.8 Å². The minimum atomic E-state index is -4.70. The average molecular weight is 434 g/mol. The first-order valence-corrected chi connectivity index (χ1v) is 9.15. The zero-order valence-corrected chi connectivity index (χ0v) is 16.1. The Kier molecular flexibility index (Phi) is 6.32. The van der Waals surface area contributed by atoms with Gasteiger partial charge in [-0.2, -0.15) is 0 Å². The summed E-state index contributed by atoms with van der Waals surface area (Å²) in [5.41, 5.74) is 0.983. The fourth-order valence-corrected chi connectivity index (χ4v) is 3.22. The van der Waals surface area contributed by atoms with E-state index < -0.39 is 6.36 Å². The van der Waals surface area contributed by atoms with Gasteiger partial charge in [0.15, 0.2) is 0 Å². The van der Waals surface area contributed by atoms with Gasteiger partial charge in [-0.05, 0) is 29.8 Å². The molecule has 1 aromatic carbocycles. The minimum Gasteiger partial charge on any atom is -0.406 e. The SMILES string of the molecule is O=C(c1nc(Cl)ccc1Cl)N1CCN(Cc2ccc(OC(F)(F)F)cc2)CC1. The molecule has 1 aliphatic rings. The molecule has 2 heterocycles. The average Bonchev–Trinajstić information content (AvgIpc) is 2.64. The van der Waals surface area contributed by atoms with Crippen molar-refractivity contribution >= 4 is 29.1 Å². The molecule has 0 aliphatic carbocycles. The molecule has 2 aromatic rings. The molecule has 0 N–H and O–H groups in total. The lowest BCUT2D eigenvalue weighted by Crippen LogP contribution is -2.48. The van der Waals surface area contributed by atoms with Crippen LogP contribution in [0.4, 0.5) is 13.2 Å². The molecular weight excluding hydrogens is 418 g/mol. The van der Waals surface area contributed by atoms with Gasteiger partial charge in [-0.1, -0.05) is 35.3 Å². The molecule has 0 radical (unpaired) electrons. The largest absolute Gasteiger partial charge is 0.573 e. The molecule has 1 aliphatic heterocycles. The lowest BCUT2D eigenvalue weighted by Gasteiger charge is -2.34. The number of hydrogen-bond acceptors (Lipinski definition) is 4. The molecule has 10 heteroatoms. The van der Waals surface area contributed by atoms with Crippen LogP contribution in [0.25, 0.3) is 0 Å². The Labute approximate surface area is 169 Å². The van der Waals surface area contributed by atoms with Crippen molar-refractivity contribution in [2.45, 2.75) is 12.9 Å². The lowest BCUT2D eigenvalue weighted by molar-refractivity contribution is -0.274. The topological polar surface area (TPSA) is 45.7 Å². The number of alkyl halides is 3. The Balaban J connectivity index is 1.54. The number of amides is 1. The second-order valence-electron chi connectivity index (χ2n) is 6.22. The number of ether oxygens (including phenoxy) is 1. The molecule has 0 atom stereocenters. The molecule has 5 nitrogen and oxygen atoms in total. The van der Waals surface area contributed by atoms with E-state index >= 15 is 0 Å². The summed E-state index contributed by atoms with van der Waals surface area (Å²) in [5, 5.41) is 0.447. The van der Waals surface area contributed by atoms with Gasteiger partial charge in [0.05, 0.1) is 5.02 Å². The van der Waals surface area contributed by atoms with E-state index in [4.69, 9.17) is 23.2 Å². The van der Waals surface area contributed by atoms with Crippen LogP contribution in [0.5, 0.6) is 5.75 Å². The summed E-state index contributed by atoms with van der Waals surface area (Å²) in [6.07, 6.45) is -4.70. The van der Waals surface area contributed by atoms with Gasteiger partial charge in [0.1, 0.15) is 16.6 Å². The number of hydrogen-bond donors (Lipinski definition) is 0. The number of carbonyl (C=O) groups is 1. The van der Waals surface area contributed by atoms with Crippen molar-refractivity contribution < 1.29 is 22.7 Å². The number of carbonyl (C=O) groups excluding carboxylic acids is 1. The summed E-state index contributed by atoms with van der Waals surface area (Å²) in [4.78, 5) is 20.4. The van der Waals surface area contributed by atoms with Crippen LogP contribution in [0.15, 0.2) is 36.4 Å². The summed E-state index contributed by atoms with van der Waals surface area (Å²) >= 11 is 11.9. The molecule has 150 valence electrons. The third-order valence-corrected chi connectivity index (χ3v) is 4.75. The van der Waals surface area contributed by atoms with Gasteiger partial charge in [0.25, 0.3) is 5.91 Å². The zero-order chi connectivity index (χ0) is 20.3. The molecule has 1 amide bonds. The lowest BCUT2D eigenvalue weighted by atomic mass is 10.2. The smallest absolute Gasteiger partial charge is 0.406 e. The quantitative estimate of drug-likeness (QED) is 0.676. The number of pyridine rings is 1. The van der Waals surface area contributed by atoms with Crippen LogP contribution in [-0.2, 0) is 6.54 Å². The van der Waals surface area contributed by atoms with Gasteiger partial charge in [-0.15, -0.1) is 13.2 Å². The predicted molar refractivity (Wildman–Crippen MR) is 98.6 cm³/mol. The van der Waals surface area contributed by atoms with Gasteiger partial charge in [0.2, 0.25) is 0 Å². The first-order chi connectivity index (χ1) is 13.2. The Morgan fingerprint density at radius 2 is 1.68 bits per heavy atom. The predicted octanol–water partition coefficient (Wildman–Crippen LogP) is 4.25. The van der Waals surface area contributed by atoms with E-state index in [2.05, 4.69) is 14.6 Å². The number of rotatable bonds is 4. The van der Waals surface area contributed by atoms with Gasteiger partial charge in [-0.25, -0.2) is 4.98 Å². The highest BCUT2D eigenvalue weighted by molar-refractivity contribution is 6.34. The number of piperazine rings is 1. The third kappa shape index (κ3) is 5.50. The van der Waals surface area contributed by atoms with Crippen molar-refractivity contribution in [2.75, 3.05) is 26.2 Å². The Hall–Kier alpha value is -2.03. The van der Waals surface area contributed by atoms with Gasteiger partial charge >= 0.3 is 6.36 Å². The van der Waals surface area contributed by atoms with Crippen molar-refractivity contribution in [1.29, 1.82) is 0 Å². The Morgan fingerprint density at radius 1 is 1.04 bits per heavy atom. The second-order valence-corrected chi connectivity index (χ2v) is 7.02. The van der Waals surface area contributed by atoms with E-state index in [1.54, 1.807) is 17.0 Å². The fraction of sp³-hybridized carbons (Fsp3) is 0.333. The summed E-state index contributed by atoms with van der Waals surface area (Å²) in [5.74, 6) is -0.529. The zero-order valence-electron chi connectivity index (χ0n) is 14.5. The van der Waals surface area contributed by atoms with Crippen LogP contribution in [0.3, 0.4) is 0 Å². The number of benzene rings is 1. The van der Waals surface area contributed by atoms with Crippen LogP contribution >= 0.6 is 23.2 Å². The molecule has 3 rings (SSSR count). The monoisotopic (exact) mass is 433 g/mol. The van der Waals surface area contributed by atoms with E-state index in [0.29, 0.717) is 32.7 Å². The highest BCUT2D eigenvalue weighted by Gasteiger charge is 2.31. The number of nitrogens with zero attached hydrogens (tertiary/aromatic N) is 3. The minimum absolute atomic E-state index is 0.128. The van der Waals surface area contributed by atoms with Crippen LogP contribution in [0, 0.1) is 0 Å². The van der Waals surface area contributed by atoms with Crippen molar-refractivity contribution in [3.8, 4) is 5.75 Å². The van der Waals surface area contributed by atoms with Crippen LogP contribution < -0.4 is 4.74 Å². The van der Waals surface area contributed by atoms with Crippen LogP contribution in [0.2, 0.25) is 10.2 Å². The van der Waals surface area contributed by atoms with E-state index in [0.717, 1.165) is 5.56 Å². The maximum absolute atomic E-state index is 12.6. The van der Waals surface area contributed by atoms with Gasteiger partial charge in [0, 0.05) is 32.7 Å². The maximum atomic E-state index is 12.6. The van der Waals surface area contributed by atoms with E-state index in [1.165, 1.54) is 24.3 Å². The summed E-state index contributed by atoms with van der Waals surface area (Å²) in [6.45, 7) is 2.76. The van der Waals surface area contributed by atoms with Crippen molar-refractivity contribution in [3.63, 3.8) is 0 Å². The molecule has 1 aromatic heterocycles. The fourth-order valence-electron chi connectivity index (χ4n) is 2.88. The molecule has 0 spiro atoms. The summed E-state index contributed by atoms with van der Waals surface area (Å²) in [7, 11) is 0. The normalized spacial score (nSPS) is 15.5. The standard InChI is InChI=1S/C18H16Cl2F3N3O2/c19-14-5-6-15(20)24-16(14)17(27)26-9-7-25(8-10-26)11-12-1-3-13(4-2-12)28-18(21,22)23/h1-6H,7-11H2. The first-order valence-electron chi connectivity index (χ1n) is 8.39. The van der Waals surface area contributed by atoms with Crippen molar-refractivity contribution in [3.05, 3.63) is 57.8 Å². The number of aromatic nitrogens is 1. The van der Waals surface area contributed by atoms with Gasteiger partial charge in [-0.3, -0.25) is 9.69 Å². The van der Waals surface area contributed by atoms with Crippen molar-refractivity contribution in [2.24, 2.45) is 0 Å². The first kappa shape index (κ1) is 20.7. The molecular formula is C18H16Cl2F3N3O2.